The maximum Gasteiger partial charge on any atom is 0.240 e. The first-order valence-electron chi connectivity index (χ1n) is 7.45. The second kappa shape index (κ2) is 6.72. The van der Waals surface area contributed by atoms with Gasteiger partial charge in [0.1, 0.15) is 6.04 Å². The number of aromatic nitrogens is 2. The van der Waals surface area contributed by atoms with Crippen molar-refractivity contribution in [3.05, 3.63) is 48.3 Å². The molecule has 0 saturated carbocycles. The van der Waals surface area contributed by atoms with Gasteiger partial charge in [0.05, 0.1) is 24.9 Å². The molecule has 1 aromatic heterocycles. The molecule has 2 N–H and O–H groups in total. The van der Waals surface area contributed by atoms with Crippen LogP contribution in [0.4, 0.5) is 0 Å². The molecule has 1 amide bonds. The number of ether oxygens (including phenoxy) is 1. The van der Waals surface area contributed by atoms with E-state index in [2.05, 4.69) is 15.7 Å². The van der Waals surface area contributed by atoms with Crippen molar-refractivity contribution >= 4 is 5.91 Å². The lowest BCUT2D eigenvalue weighted by Crippen LogP contribution is -2.51. The lowest BCUT2D eigenvalue weighted by atomic mass is 10.1. The summed E-state index contributed by atoms with van der Waals surface area (Å²) in [5, 5.41) is 10.4. The van der Waals surface area contributed by atoms with E-state index < -0.39 is 0 Å². The third-order valence-corrected chi connectivity index (χ3v) is 3.76. The van der Waals surface area contributed by atoms with Gasteiger partial charge >= 0.3 is 0 Å². The normalized spacial score (nSPS) is 19.6. The number of hydrogen-bond acceptors (Lipinski definition) is 4. The highest BCUT2D eigenvalue weighted by Crippen LogP contribution is 2.15. The van der Waals surface area contributed by atoms with E-state index in [1.54, 1.807) is 10.9 Å². The fraction of sp³-hybridized carbons (Fsp3) is 0.375. The monoisotopic (exact) mass is 300 g/mol. The van der Waals surface area contributed by atoms with Gasteiger partial charge < -0.3 is 15.4 Å². The molecule has 22 heavy (non-hydrogen) atoms. The molecular weight excluding hydrogens is 280 g/mol. The highest BCUT2D eigenvalue weighted by Gasteiger charge is 2.22. The molecule has 1 saturated heterocycles. The van der Waals surface area contributed by atoms with Crippen molar-refractivity contribution in [2.24, 2.45) is 0 Å². The lowest BCUT2D eigenvalue weighted by Gasteiger charge is -2.25. The van der Waals surface area contributed by atoms with E-state index in [4.69, 9.17) is 4.74 Å². The Kier molecular flexibility index (Phi) is 4.50. The minimum Gasteiger partial charge on any atom is -0.378 e. The average Bonchev–Trinajstić information content (AvgIpc) is 3.10. The summed E-state index contributed by atoms with van der Waals surface area (Å²) in [5.74, 6) is -0.0247. The molecule has 1 aliphatic heterocycles. The first kappa shape index (κ1) is 14.7. The minimum absolute atomic E-state index is 0.0247. The summed E-state index contributed by atoms with van der Waals surface area (Å²) in [4.78, 5) is 12.2. The van der Waals surface area contributed by atoms with Crippen LogP contribution in [0.1, 0.15) is 18.5 Å². The summed E-state index contributed by atoms with van der Waals surface area (Å²) in [6.45, 7) is 3.78. The summed E-state index contributed by atoms with van der Waals surface area (Å²) >= 11 is 0. The van der Waals surface area contributed by atoms with Crippen LogP contribution in [0.15, 0.2) is 42.7 Å². The van der Waals surface area contributed by atoms with Crippen LogP contribution < -0.4 is 10.6 Å². The topological polar surface area (TPSA) is 68.2 Å². The number of morpholine rings is 1. The van der Waals surface area contributed by atoms with Crippen LogP contribution in [0, 0.1) is 0 Å². The van der Waals surface area contributed by atoms with Gasteiger partial charge in [-0.2, -0.15) is 5.10 Å². The Morgan fingerprint density at radius 1 is 1.45 bits per heavy atom. The maximum atomic E-state index is 12.2. The van der Waals surface area contributed by atoms with Gasteiger partial charge in [0.2, 0.25) is 5.91 Å². The number of rotatable bonds is 4. The Labute approximate surface area is 129 Å². The quantitative estimate of drug-likeness (QED) is 0.885. The van der Waals surface area contributed by atoms with E-state index in [1.807, 2.05) is 43.5 Å². The Morgan fingerprint density at radius 3 is 2.91 bits per heavy atom. The van der Waals surface area contributed by atoms with Crippen molar-refractivity contribution in [2.75, 3.05) is 19.8 Å². The SMILES string of the molecule is CC(NC(=O)C1COCCN1)c1ccc(-n2cccn2)cc1. The Bertz CT molecular complexity index is 604. The summed E-state index contributed by atoms with van der Waals surface area (Å²) in [6.07, 6.45) is 3.64. The van der Waals surface area contributed by atoms with E-state index in [0.717, 1.165) is 11.3 Å². The summed E-state index contributed by atoms with van der Waals surface area (Å²) in [5.41, 5.74) is 2.05. The van der Waals surface area contributed by atoms with Crippen LogP contribution >= 0.6 is 0 Å². The molecule has 6 heteroatoms. The number of nitrogens with one attached hydrogen (secondary N) is 2. The van der Waals surface area contributed by atoms with Gasteiger partial charge in [0, 0.05) is 18.9 Å². The Morgan fingerprint density at radius 2 is 2.27 bits per heavy atom. The molecule has 2 aromatic rings. The van der Waals surface area contributed by atoms with Crippen molar-refractivity contribution < 1.29 is 9.53 Å². The number of carbonyl (C=O) groups is 1. The van der Waals surface area contributed by atoms with E-state index in [1.165, 1.54) is 0 Å². The fourth-order valence-electron chi connectivity index (χ4n) is 2.47. The first-order chi connectivity index (χ1) is 10.7. The van der Waals surface area contributed by atoms with E-state index in [9.17, 15) is 4.79 Å². The molecule has 2 atom stereocenters. The fourth-order valence-corrected chi connectivity index (χ4v) is 2.47. The lowest BCUT2D eigenvalue weighted by molar-refractivity contribution is -0.126. The van der Waals surface area contributed by atoms with Crippen LogP contribution in [0.2, 0.25) is 0 Å². The van der Waals surface area contributed by atoms with Gasteiger partial charge in [-0.15, -0.1) is 0 Å². The minimum atomic E-state index is -0.264. The molecular formula is C16H20N4O2. The standard InChI is InChI=1S/C16H20N4O2/c1-12(19-16(21)15-11-22-10-8-17-15)13-3-5-14(6-4-13)20-9-2-7-18-20/h2-7,9,12,15,17H,8,10-11H2,1H3,(H,19,21). The predicted molar refractivity (Wildman–Crippen MR) is 82.7 cm³/mol. The van der Waals surface area contributed by atoms with Gasteiger partial charge in [-0.3, -0.25) is 4.79 Å². The summed E-state index contributed by atoms with van der Waals surface area (Å²) in [6, 6.07) is 9.57. The molecule has 0 aliphatic carbocycles. The molecule has 2 unspecified atom stereocenters. The van der Waals surface area contributed by atoms with Crippen LogP contribution in [0.3, 0.4) is 0 Å². The maximum absolute atomic E-state index is 12.2. The Balaban J connectivity index is 1.62. The van der Waals surface area contributed by atoms with Crippen LogP contribution in [0.25, 0.3) is 5.69 Å². The molecule has 116 valence electrons. The Hall–Kier alpha value is -2.18. The predicted octanol–water partition coefficient (Wildman–Crippen LogP) is 1.04. The average molecular weight is 300 g/mol. The first-order valence-corrected chi connectivity index (χ1v) is 7.45. The molecule has 3 rings (SSSR count). The molecule has 1 aromatic carbocycles. The largest absolute Gasteiger partial charge is 0.378 e. The van der Waals surface area contributed by atoms with Crippen LogP contribution in [-0.2, 0) is 9.53 Å². The molecule has 6 nitrogen and oxygen atoms in total. The summed E-state index contributed by atoms with van der Waals surface area (Å²) < 4.78 is 7.12. The van der Waals surface area contributed by atoms with Crippen LogP contribution in [0.5, 0.6) is 0 Å². The van der Waals surface area contributed by atoms with Gasteiger partial charge in [0.15, 0.2) is 0 Å². The van der Waals surface area contributed by atoms with Crippen LogP contribution in [-0.4, -0.2) is 41.5 Å². The molecule has 1 fully saturated rings. The number of amides is 1. The molecule has 0 spiro atoms. The van der Waals surface area contributed by atoms with Gasteiger partial charge in [-0.1, -0.05) is 12.1 Å². The smallest absolute Gasteiger partial charge is 0.240 e. The highest BCUT2D eigenvalue weighted by molar-refractivity contribution is 5.82. The van der Waals surface area contributed by atoms with Crippen molar-refractivity contribution in [3.63, 3.8) is 0 Å². The van der Waals surface area contributed by atoms with Crippen molar-refractivity contribution in [3.8, 4) is 5.69 Å². The second-order valence-corrected chi connectivity index (χ2v) is 5.35. The van der Waals surface area contributed by atoms with Crippen molar-refractivity contribution in [2.45, 2.75) is 19.0 Å². The zero-order valence-corrected chi connectivity index (χ0v) is 12.5. The molecule has 1 aliphatic rings. The number of hydrogen-bond donors (Lipinski definition) is 2. The zero-order chi connectivity index (χ0) is 15.4. The molecule has 0 radical (unpaired) electrons. The van der Waals surface area contributed by atoms with E-state index in [-0.39, 0.29) is 18.0 Å². The van der Waals surface area contributed by atoms with E-state index in [0.29, 0.717) is 19.8 Å². The van der Waals surface area contributed by atoms with Gasteiger partial charge in [0.25, 0.3) is 0 Å². The van der Waals surface area contributed by atoms with Crippen molar-refractivity contribution in [1.82, 2.24) is 20.4 Å². The van der Waals surface area contributed by atoms with Crippen molar-refractivity contribution in [1.29, 1.82) is 0 Å². The second-order valence-electron chi connectivity index (χ2n) is 5.35. The van der Waals surface area contributed by atoms with Gasteiger partial charge in [-0.05, 0) is 30.7 Å². The molecule has 2 heterocycles. The zero-order valence-electron chi connectivity index (χ0n) is 12.5. The third-order valence-electron chi connectivity index (χ3n) is 3.76. The number of nitrogens with zero attached hydrogens (tertiary/aromatic N) is 2. The van der Waals surface area contributed by atoms with E-state index >= 15 is 0 Å². The van der Waals surface area contributed by atoms with Gasteiger partial charge in [-0.25, -0.2) is 4.68 Å². The molecule has 0 bridgehead atoms. The summed E-state index contributed by atoms with van der Waals surface area (Å²) in [7, 11) is 0. The number of carbonyl (C=O) groups excluding carboxylic acids is 1. The number of benzene rings is 1. The third kappa shape index (κ3) is 3.35. The highest BCUT2D eigenvalue weighted by atomic mass is 16.5.